The van der Waals surface area contributed by atoms with Gasteiger partial charge in [-0.25, -0.2) is 0 Å². The van der Waals surface area contributed by atoms with E-state index in [0.717, 1.165) is 38.5 Å². The van der Waals surface area contributed by atoms with E-state index >= 15 is 0 Å². The molecule has 1 saturated heterocycles. The summed E-state index contributed by atoms with van der Waals surface area (Å²) in [7, 11) is 0. The molecule has 0 saturated carbocycles. The number of hydrogen-bond donors (Lipinski definition) is 1. The number of carbonyl (C=O) groups is 1. The van der Waals surface area contributed by atoms with Crippen molar-refractivity contribution in [3.63, 3.8) is 0 Å². The summed E-state index contributed by atoms with van der Waals surface area (Å²) in [6.07, 6.45) is -0.879. The van der Waals surface area contributed by atoms with Gasteiger partial charge in [0, 0.05) is 43.4 Å². The lowest BCUT2D eigenvalue weighted by molar-refractivity contribution is -0.141. The zero-order valence-electron chi connectivity index (χ0n) is 11.9. The topological polar surface area (TPSA) is 43.8 Å². The average molecular weight is 294 g/mol. The number of aliphatic hydroxyl groups excluding tert-OH is 1. The summed E-state index contributed by atoms with van der Waals surface area (Å²) in [5.41, 5.74) is 0. The number of amides is 1. The Balaban J connectivity index is 1.66. The van der Waals surface area contributed by atoms with Crippen molar-refractivity contribution in [2.75, 3.05) is 38.5 Å². The van der Waals surface area contributed by atoms with Crippen LogP contribution < -0.4 is 0 Å². The molecule has 1 aromatic carbocycles. The third-order valence-corrected chi connectivity index (χ3v) is 4.45. The zero-order valence-corrected chi connectivity index (χ0v) is 12.7. The fraction of sp³-hybridized carbons (Fsp3) is 0.533. The summed E-state index contributed by atoms with van der Waals surface area (Å²) in [5, 5.41) is 9.30. The lowest BCUT2D eigenvalue weighted by Gasteiger charge is -2.35. The number of hydrogen-bond acceptors (Lipinski definition) is 4. The summed E-state index contributed by atoms with van der Waals surface area (Å²) < 4.78 is 0. The molecular formula is C15H22N2O2S. The van der Waals surface area contributed by atoms with Gasteiger partial charge >= 0.3 is 0 Å². The minimum atomic E-state index is -0.879. The molecular weight excluding hydrogens is 272 g/mol. The Labute approximate surface area is 124 Å². The predicted octanol–water partition coefficient (Wildman–Crippen LogP) is 1.30. The van der Waals surface area contributed by atoms with Crippen molar-refractivity contribution in [2.24, 2.45) is 0 Å². The molecule has 1 atom stereocenters. The maximum Gasteiger partial charge on any atom is 0.251 e. The van der Waals surface area contributed by atoms with Gasteiger partial charge < -0.3 is 10.0 Å². The van der Waals surface area contributed by atoms with Crippen LogP contribution in [0.25, 0.3) is 0 Å². The van der Waals surface area contributed by atoms with Crippen LogP contribution in [0.1, 0.15) is 6.92 Å². The first-order chi connectivity index (χ1) is 9.66. The Kier molecular flexibility index (Phi) is 5.88. The molecule has 1 amide bonds. The standard InChI is InChI=1S/C15H22N2O2S/c1-13(18)15(19)17-9-7-16(8-10-17)11-12-20-14-5-3-2-4-6-14/h2-6,13,18H,7-12H2,1H3. The van der Waals surface area contributed by atoms with Gasteiger partial charge in [-0.15, -0.1) is 11.8 Å². The van der Waals surface area contributed by atoms with Crippen LogP contribution in [0.15, 0.2) is 35.2 Å². The van der Waals surface area contributed by atoms with Crippen LogP contribution in [0, 0.1) is 0 Å². The van der Waals surface area contributed by atoms with Crippen molar-refractivity contribution in [2.45, 2.75) is 17.9 Å². The highest BCUT2D eigenvalue weighted by molar-refractivity contribution is 7.99. The van der Waals surface area contributed by atoms with E-state index in [1.54, 1.807) is 4.90 Å². The normalized spacial score (nSPS) is 18.0. The molecule has 0 aromatic heterocycles. The Morgan fingerprint density at radius 1 is 1.25 bits per heavy atom. The van der Waals surface area contributed by atoms with E-state index in [2.05, 4.69) is 29.2 Å². The van der Waals surface area contributed by atoms with Crippen LogP contribution in [0.4, 0.5) is 0 Å². The summed E-state index contributed by atoms with van der Waals surface area (Å²) >= 11 is 1.86. The molecule has 1 N–H and O–H groups in total. The minimum absolute atomic E-state index is 0.150. The van der Waals surface area contributed by atoms with Gasteiger partial charge in [-0.2, -0.15) is 0 Å². The first kappa shape index (κ1) is 15.4. The van der Waals surface area contributed by atoms with Gasteiger partial charge in [0.25, 0.3) is 5.91 Å². The van der Waals surface area contributed by atoms with E-state index in [0.29, 0.717) is 0 Å². The van der Waals surface area contributed by atoms with Crippen molar-refractivity contribution in [1.82, 2.24) is 9.80 Å². The minimum Gasteiger partial charge on any atom is -0.384 e. The van der Waals surface area contributed by atoms with E-state index in [9.17, 15) is 9.90 Å². The van der Waals surface area contributed by atoms with E-state index in [4.69, 9.17) is 0 Å². The number of benzene rings is 1. The van der Waals surface area contributed by atoms with Crippen LogP contribution in [0.3, 0.4) is 0 Å². The van der Waals surface area contributed by atoms with Crippen molar-refractivity contribution < 1.29 is 9.90 Å². The van der Waals surface area contributed by atoms with Gasteiger partial charge in [0.1, 0.15) is 6.10 Å². The van der Waals surface area contributed by atoms with Crippen LogP contribution in [0.5, 0.6) is 0 Å². The third-order valence-electron chi connectivity index (χ3n) is 3.46. The average Bonchev–Trinajstić information content (AvgIpc) is 2.48. The third kappa shape index (κ3) is 4.51. The van der Waals surface area contributed by atoms with Crippen molar-refractivity contribution >= 4 is 17.7 Å². The van der Waals surface area contributed by atoms with Crippen molar-refractivity contribution in [3.8, 4) is 0 Å². The highest BCUT2D eigenvalue weighted by Gasteiger charge is 2.23. The number of carbonyl (C=O) groups excluding carboxylic acids is 1. The maximum absolute atomic E-state index is 11.7. The molecule has 4 nitrogen and oxygen atoms in total. The predicted molar refractivity (Wildman–Crippen MR) is 81.9 cm³/mol. The summed E-state index contributed by atoms with van der Waals surface area (Å²) in [5.74, 6) is 0.914. The van der Waals surface area contributed by atoms with Crippen molar-refractivity contribution in [1.29, 1.82) is 0 Å². The van der Waals surface area contributed by atoms with Crippen LogP contribution in [-0.4, -0.2) is 65.4 Å². The molecule has 1 aliphatic rings. The quantitative estimate of drug-likeness (QED) is 0.832. The maximum atomic E-state index is 11.7. The molecule has 0 spiro atoms. The molecule has 2 rings (SSSR count). The molecule has 1 fully saturated rings. The van der Waals surface area contributed by atoms with Gasteiger partial charge in [0.2, 0.25) is 0 Å². The largest absolute Gasteiger partial charge is 0.384 e. The number of aliphatic hydroxyl groups is 1. The smallest absolute Gasteiger partial charge is 0.251 e. The summed E-state index contributed by atoms with van der Waals surface area (Å²) in [4.78, 5) is 17.1. The van der Waals surface area contributed by atoms with Crippen LogP contribution >= 0.6 is 11.8 Å². The molecule has 0 radical (unpaired) electrons. The Morgan fingerprint density at radius 2 is 1.90 bits per heavy atom. The summed E-state index contributed by atoms with van der Waals surface area (Å²) in [6, 6.07) is 10.4. The van der Waals surface area contributed by atoms with E-state index in [1.807, 2.05) is 17.8 Å². The number of thioether (sulfide) groups is 1. The Hall–Kier alpha value is -1.04. The van der Waals surface area contributed by atoms with Gasteiger partial charge in [0.05, 0.1) is 0 Å². The molecule has 20 heavy (non-hydrogen) atoms. The Morgan fingerprint density at radius 3 is 2.50 bits per heavy atom. The lowest BCUT2D eigenvalue weighted by Crippen LogP contribution is -2.51. The molecule has 1 aromatic rings. The molecule has 1 unspecified atom stereocenters. The highest BCUT2D eigenvalue weighted by atomic mass is 32.2. The number of piperazine rings is 1. The number of nitrogens with zero attached hydrogens (tertiary/aromatic N) is 2. The van der Waals surface area contributed by atoms with E-state index < -0.39 is 6.10 Å². The van der Waals surface area contributed by atoms with E-state index in [1.165, 1.54) is 11.8 Å². The van der Waals surface area contributed by atoms with Gasteiger partial charge in [-0.1, -0.05) is 18.2 Å². The second kappa shape index (κ2) is 7.67. The monoisotopic (exact) mass is 294 g/mol. The molecule has 1 aliphatic heterocycles. The molecule has 110 valence electrons. The van der Waals surface area contributed by atoms with E-state index in [-0.39, 0.29) is 5.91 Å². The Bertz CT molecular complexity index is 417. The molecule has 0 bridgehead atoms. The van der Waals surface area contributed by atoms with Crippen molar-refractivity contribution in [3.05, 3.63) is 30.3 Å². The fourth-order valence-electron chi connectivity index (χ4n) is 2.27. The second-order valence-corrected chi connectivity index (χ2v) is 6.17. The first-order valence-electron chi connectivity index (χ1n) is 7.04. The lowest BCUT2D eigenvalue weighted by atomic mass is 10.2. The van der Waals surface area contributed by atoms with Gasteiger partial charge in [-0.05, 0) is 19.1 Å². The fourth-order valence-corrected chi connectivity index (χ4v) is 3.20. The first-order valence-corrected chi connectivity index (χ1v) is 8.02. The SMILES string of the molecule is CC(O)C(=O)N1CCN(CCSc2ccccc2)CC1. The number of rotatable bonds is 5. The van der Waals surface area contributed by atoms with Gasteiger partial charge in [-0.3, -0.25) is 9.69 Å². The second-order valence-electron chi connectivity index (χ2n) is 5.00. The zero-order chi connectivity index (χ0) is 14.4. The summed E-state index contributed by atoms with van der Waals surface area (Å²) in [6.45, 7) is 5.81. The molecule has 5 heteroatoms. The molecule has 0 aliphatic carbocycles. The highest BCUT2D eigenvalue weighted by Crippen LogP contribution is 2.17. The van der Waals surface area contributed by atoms with Crippen LogP contribution in [-0.2, 0) is 4.79 Å². The van der Waals surface area contributed by atoms with Gasteiger partial charge in [0.15, 0.2) is 0 Å². The van der Waals surface area contributed by atoms with Crippen LogP contribution in [0.2, 0.25) is 0 Å². The molecule has 1 heterocycles.